The van der Waals surface area contributed by atoms with Gasteiger partial charge in [-0.3, -0.25) is 0 Å². The Morgan fingerprint density at radius 3 is 2.92 bits per heavy atom. The molecule has 2 N–H and O–H groups in total. The van der Waals surface area contributed by atoms with Crippen LogP contribution in [0.4, 0.5) is 0 Å². The van der Waals surface area contributed by atoms with Crippen molar-refractivity contribution in [2.75, 3.05) is 6.54 Å². The van der Waals surface area contributed by atoms with Crippen molar-refractivity contribution in [2.45, 2.75) is 37.2 Å². The second-order valence-corrected chi connectivity index (χ2v) is 4.23. The Bertz CT molecular complexity index is 250. The third kappa shape index (κ3) is 3.40. The van der Waals surface area contributed by atoms with Crippen molar-refractivity contribution in [3.63, 3.8) is 0 Å². The number of thioether (sulfide) groups is 1. The van der Waals surface area contributed by atoms with Crippen LogP contribution in [0.2, 0.25) is 0 Å². The van der Waals surface area contributed by atoms with Crippen molar-refractivity contribution in [1.82, 2.24) is 4.98 Å². The molecule has 0 radical (unpaired) electrons. The third-order valence-corrected chi connectivity index (χ3v) is 3.10. The molecule has 74 valence electrons. The highest BCUT2D eigenvalue weighted by molar-refractivity contribution is 7.99. The van der Waals surface area contributed by atoms with Crippen molar-refractivity contribution in [1.29, 1.82) is 0 Å². The van der Waals surface area contributed by atoms with Gasteiger partial charge in [0.2, 0.25) is 0 Å². The first-order valence-corrected chi connectivity index (χ1v) is 5.43. The molecular weight excluding hydrogens is 184 g/mol. The molecule has 0 saturated carbocycles. The second kappa shape index (κ2) is 5.29. The molecule has 1 heterocycles. The Balaban J connectivity index is 2.46. The fraction of sp³-hybridized carbons (Fsp3) is 0.667. The van der Waals surface area contributed by atoms with Gasteiger partial charge < -0.3 is 10.2 Å². The van der Waals surface area contributed by atoms with E-state index in [2.05, 4.69) is 11.9 Å². The zero-order chi connectivity index (χ0) is 9.68. The molecule has 1 aromatic heterocycles. The van der Waals surface area contributed by atoms with Crippen LogP contribution in [0.5, 0.6) is 0 Å². The van der Waals surface area contributed by atoms with E-state index in [9.17, 15) is 0 Å². The summed E-state index contributed by atoms with van der Waals surface area (Å²) < 4.78 is 5.25. The normalized spacial score (nSPS) is 13.2. The van der Waals surface area contributed by atoms with E-state index in [-0.39, 0.29) is 0 Å². The minimum atomic E-state index is 0.531. The van der Waals surface area contributed by atoms with E-state index in [4.69, 9.17) is 10.2 Å². The molecule has 1 rings (SSSR count). The summed E-state index contributed by atoms with van der Waals surface area (Å²) in [6.07, 6.45) is 3.80. The summed E-state index contributed by atoms with van der Waals surface area (Å²) >= 11 is 1.68. The number of hydrogen-bond donors (Lipinski definition) is 1. The smallest absolute Gasteiger partial charge is 0.256 e. The van der Waals surface area contributed by atoms with E-state index in [0.717, 1.165) is 30.3 Å². The van der Waals surface area contributed by atoms with Gasteiger partial charge in [-0.05, 0) is 26.3 Å². The number of hydrogen-bond acceptors (Lipinski definition) is 4. The van der Waals surface area contributed by atoms with Gasteiger partial charge in [-0.1, -0.05) is 18.7 Å². The van der Waals surface area contributed by atoms with Crippen LogP contribution in [0.25, 0.3) is 0 Å². The molecule has 0 spiro atoms. The van der Waals surface area contributed by atoms with E-state index in [1.807, 2.05) is 6.92 Å². The minimum Gasteiger partial charge on any atom is -0.440 e. The minimum absolute atomic E-state index is 0.531. The molecule has 1 aromatic rings. The van der Waals surface area contributed by atoms with E-state index < -0.39 is 0 Å². The van der Waals surface area contributed by atoms with Crippen molar-refractivity contribution < 1.29 is 4.42 Å². The van der Waals surface area contributed by atoms with E-state index >= 15 is 0 Å². The maximum Gasteiger partial charge on any atom is 0.256 e. The zero-order valence-electron chi connectivity index (χ0n) is 8.12. The average molecular weight is 200 g/mol. The molecule has 1 unspecified atom stereocenters. The van der Waals surface area contributed by atoms with Gasteiger partial charge in [-0.25, -0.2) is 4.98 Å². The van der Waals surface area contributed by atoms with Crippen LogP contribution in [0.3, 0.4) is 0 Å². The Labute approximate surface area is 83.1 Å². The van der Waals surface area contributed by atoms with Crippen LogP contribution in [0, 0.1) is 6.92 Å². The van der Waals surface area contributed by atoms with Gasteiger partial charge in [0, 0.05) is 5.25 Å². The molecule has 0 aliphatic carbocycles. The third-order valence-electron chi connectivity index (χ3n) is 1.81. The Morgan fingerprint density at radius 1 is 1.69 bits per heavy atom. The lowest BCUT2D eigenvalue weighted by molar-refractivity contribution is 0.452. The van der Waals surface area contributed by atoms with Gasteiger partial charge >= 0.3 is 0 Å². The number of oxazole rings is 1. The average Bonchev–Trinajstić information content (AvgIpc) is 2.50. The first kappa shape index (κ1) is 10.6. The maximum atomic E-state index is 5.50. The lowest BCUT2D eigenvalue weighted by Crippen LogP contribution is -2.09. The molecule has 3 nitrogen and oxygen atoms in total. The predicted molar refractivity (Wildman–Crippen MR) is 54.8 cm³/mol. The largest absolute Gasteiger partial charge is 0.440 e. The lowest BCUT2D eigenvalue weighted by Gasteiger charge is -2.09. The standard InChI is InChI=1S/C9H16N2OS/c1-3-8(4-5-10)13-9-11-7(2)6-12-9/h6,8H,3-5,10H2,1-2H3. The summed E-state index contributed by atoms with van der Waals surface area (Å²) in [4.78, 5) is 4.24. The molecule has 0 amide bonds. The Kier molecular flexibility index (Phi) is 4.32. The van der Waals surface area contributed by atoms with E-state index in [1.54, 1.807) is 18.0 Å². The molecule has 0 saturated heterocycles. The summed E-state index contributed by atoms with van der Waals surface area (Å²) in [5, 5.41) is 1.29. The van der Waals surface area contributed by atoms with Crippen molar-refractivity contribution in [3.8, 4) is 0 Å². The molecule has 0 bridgehead atoms. The van der Waals surface area contributed by atoms with Crippen LogP contribution in [-0.4, -0.2) is 16.8 Å². The molecule has 0 aliphatic heterocycles. The SMILES string of the molecule is CCC(CCN)Sc1nc(C)co1. The zero-order valence-corrected chi connectivity index (χ0v) is 8.93. The number of aromatic nitrogens is 1. The second-order valence-electron chi connectivity index (χ2n) is 2.98. The van der Waals surface area contributed by atoms with Crippen LogP contribution >= 0.6 is 11.8 Å². The summed E-state index contributed by atoms with van der Waals surface area (Å²) in [6.45, 7) is 4.81. The van der Waals surface area contributed by atoms with Gasteiger partial charge in [0.1, 0.15) is 6.26 Å². The number of nitrogens with zero attached hydrogens (tertiary/aromatic N) is 1. The molecule has 0 aromatic carbocycles. The van der Waals surface area contributed by atoms with E-state index in [0.29, 0.717) is 5.25 Å². The van der Waals surface area contributed by atoms with Crippen molar-refractivity contribution in [3.05, 3.63) is 12.0 Å². The van der Waals surface area contributed by atoms with Crippen molar-refractivity contribution >= 4 is 11.8 Å². The number of nitrogens with two attached hydrogens (primary N) is 1. The molecule has 0 aliphatic rings. The van der Waals surface area contributed by atoms with Gasteiger partial charge in [0.05, 0.1) is 5.69 Å². The number of aryl methyl sites for hydroxylation is 1. The van der Waals surface area contributed by atoms with Crippen LogP contribution < -0.4 is 5.73 Å². The summed E-state index contributed by atoms with van der Waals surface area (Å²) in [7, 11) is 0. The van der Waals surface area contributed by atoms with Gasteiger partial charge in [-0.2, -0.15) is 0 Å². The summed E-state index contributed by atoms with van der Waals surface area (Å²) in [5.41, 5.74) is 6.43. The monoisotopic (exact) mass is 200 g/mol. The lowest BCUT2D eigenvalue weighted by atomic mass is 10.2. The first-order chi connectivity index (χ1) is 6.26. The highest BCUT2D eigenvalue weighted by Crippen LogP contribution is 2.26. The van der Waals surface area contributed by atoms with Crippen LogP contribution in [-0.2, 0) is 0 Å². The van der Waals surface area contributed by atoms with Gasteiger partial charge in [-0.15, -0.1) is 0 Å². The molecule has 0 fully saturated rings. The highest BCUT2D eigenvalue weighted by atomic mass is 32.2. The predicted octanol–water partition coefficient (Wildman–Crippen LogP) is 2.20. The van der Waals surface area contributed by atoms with E-state index in [1.165, 1.54) is 0 Å². The van der Waals surface area contributed by atoms with Crippen molar-refractivity contribution in [2.24, 2.45) is 5.73 Å². The summed E-state index contributed by atoms with van der Waals surface area (Å²) in [6, 6.07) is 0. The van der Waals surface area contributed by atoms with Gasteiger partial charge in [0.15, 0.2) is 0 Å². The maximum absolute atomic E-state index is 5.50. The molecule has 13 heavy (non-hydrogen) atoms. The van der Waals surface area contributed by atoms with Gasteiger partial charge in [0.25, 0.3) is 5.22 Å². The number of rotatable bonds is 5. The van der Waals surface area contributed by atoms with Crippen LogP contribution in [0.15, 0.2) is 15.9 Å². The summed E-state index contributed by atoms with van der Waals surface area (Å²) in [5.74, 6) is 0. The Morgan fingerprint density at radius 2 is 2.46 bits per heavy atom. The topological polar surface area (TPSA) is 52.0 Å². The van der Waals surface area contributed by atoms with Crippen LogP contribution in [0.1, 0.15) is 25.5 Å². The fourth-order valence-electron chi connectivity index (χ4n) is 1.06. The highest BCUT2D eigenvalue weighted by Gasteiger charge is 2.10. The first-order valence-electron chi connectivity index (χ1n) is 4.55. The quantitative estimate of drug-likeness (QED) is 0.740. The molecule has 4 heteroatoms. The Hall–Kier alpha value is -0.480. The fourth-order valence-corrected chi connectivity index (χ4v) is 2.07. The molecule has 1 atom stereocenters. The molecular formula is C9H16N2OS.